The van der Waals surface area contributed by atoms with Crippen LogP contribution in [0.2, 0.25) is 0 Å². The SMILES string of the molecule is COC(=O)NCC(=O)N1CCCC1c1ncc(-c2ccc(C#Cc3ccc4nc(C5CCCN5C(=O)CNC(=O)OC)[nH]c4c3)cc2)[nH]1. The zero-order chi connectivity index (χ0) is 33.6. The summed E-state index contributed by atoms with van der Waals surface area (Å²) in [5.41, 5.74) is 5.05. The molecule has 0 bridgehead atoms. The molecule has 2 saturated heterocycles. The largest absolute Gasteiger partial charge is 0.453 e. The lowest BCUT2D eigenvalue weighted by Crippen LogP contribution is -2.40. The van der Waals surface area contributed by atoms with Crippen molar-refractivity contribution in [3.8, 4) is 23.1 Å². The predicted molar refractivity (Wildman–Crippen MR) is 174 cm³/mol. The van der Waals surface area contributed by atoms with E-state index in [1.807, 2.05) is 42.5 Å². The summed E-state index contributed by atoms with van der Waals surface area (Å²) < 4.78 is 9.12. The van der Waals surface area contributed by atoms with Gasteiger partial charge >= 0.3 is 12.2 Å². The quantitative estimate of drug-likeness (QED) is 0.220. The summed E-state index contributed by atoms with van der Waals surface area (Å²) in [6, 6.07) is 13.2. The lowest BCUT2D eigenvalue weighted by atomic mass is 10.1. The average Bonchev–Trinajstić information content (AvgIpc) is 3.94. The molecule has 0 spiro atoms. The molecule has 2 atom stereocenters. The van der Waals surface area contributed by atoms with Crippen molar-refractivity contribution >= 4 is 35.0 Å². The van der Waals surface area contributed by atoms with Crippen LogP contribution >= 0.6 is 0 Å². The molecule has 0 aliphatic carbocycles. The number of aromatic nitrogens is 4. The summed E-state index contributed by atoms with van der Waals surface area (Å²) in [5.74, 6) is 7.48. The van der Waals surface area contributed by atoms with Gasteiger partial charge in [-0.25, -0.2) is 19.6 Å². The van der Waals surface area contributed by atoms with Crippen molar-refractivity contribution in [2.75, 3.05) is 40.4 Å². The number of nitrogens with one attached hydrogen (secondary N) is 4. The highest BCUT2D eigenvalue weighted by Crippen LogP contribution is 2.33. The Morgan fingerprint density at radius 2 is 1.40 bits per heavy atom. The Morgan fingerprint density at radius 3 is 2.02 bits per heavy atom. The number of carbonyl (C=O) groups excluding carboxylic acids is 4. The first-order chi connectivity index (χ1) is 23.3. The number of amides is 4. The number of methoxy groups -OCH3 is 2. The van der Waals surface area contributed by atoms with Gasteiger partial charge in [-0.2, -0.15) is 0 Å². The smallest absolute Gasteiger partial charge is 0.407 e. The third kappa shape index (κ3) is 7.10. The molecule has 14 nitrogen and oxygen atoms in total. The monoisotopic (exact) mass is 652 g/mol. The molecule has 4 N–H and O–H groups in total. The molecule has 248 valence electrons. The summed E-state index contributed by atoms with van der Waals surface area (Å²) in [6.45, 7) is 0.935. The number of imidazole rings is 2. The fraction of sp³-hybridized carbons (Fsp3) is 0.353. The Bertz CT molecular complexity index is 1890. The molecule has 2 fully saturated rings. The highest BCUT2D eigenvalue weighted by Gasteiger charge is 2.33. The molecule has 4 amide bonds. The van der Waals surface area contributed by atoms with Gasteiger partial charge in [0, 0.05) is 24.2 Å². The van der Waals surface area contributed by atoms with Gasteiger partial charge in [-0.1, -0.05) is 24.0 Å². The molecule has 14 heteroatoms. The number of hydrogen-bond donors (Lipinski definition) is 4. The number of likely N-dealkylation sites (tertiary alicyclic amines) is 2. The minimum Gasteiger partial charge on any atom is -0.453 e. The first-order valence-corrected chi connectivity index (χ1v) is 15.7. The first kappa shape index (κ1) is 32.1. The lowest BCUT2D eigenvalue weighted by Gasteiger charge is -2.23. The zero-order valence-corrected chi connectivity index (χ0v) is 26.7. The van der Waals surface area contributed by atoms with Crippen LogP contribution in [0.25, 0.3) is 22.3 Å². The Morgan fingerprint density at radius 1 is 0.812 bits per heavy atom. The Labute approximate surface area is 276 Å². The number of H-pyrrole nitrogens is 2. The third-order valence-electron chi connectivity index (χ3n) is 8.56. The van der Waals surface area contributed by atoms with E-state index in [9.17, 15) is 19.2 Å². The van der Waals surface area contributed by atoms with Gasteiger partial charge in [-0.3, -0.25) is 9.59 Å². The van der Waals surface area contributed by atoms with E-state index in [1.54, 1.807) is 16.0 Å². The zero-order valence-electron chi connectivity index (χ0n) is 26.7. The van der Waals surface area contributed by atoms with E-state index in [0.717, 1.165) is 59.1 Å². The van der Waals surface area contributed by atoms with Crippen LogP contribution in [0, 0.1) is 11.8 Å². The minimum atomic E-state index is -0.643. The summed E-state index contributed by atoms with van der Waals surface area (Å²) in [6.07, 6.45) is 3.74. The number of carbonyl (C=O) groups is 4. The molecule has 48 heavy (non-hydrogen) atoms. The second-order valence-corrected chi connectivity index (χ2v) is 11.5. The molecule has 2 aliphatic heterocycles. The van der Waals surface area contributed by atoms with Crippen LogP contribution in [0.4, 0.5) is 9.59 Å². The van der Waals surface area contributed by atoms with Crippen molar-refractivity contribution < 1.29 is 28.7 Å². The summed E-state index contributed by atoms with van der Waals surface area (Å²) in [7, 11) is 2.52. The van der Waals surface area contributed by atoms with E-state index in [-0.39, 0.29) is 37.0 Å². The number of ether oxygens (including phenoxy) is 2. The number of aromatic amines is 2. The van der Waals surface area contributed by atoms with E-state index >= 15 is 0 Å². The second kappa shape index (κ2) is 14.3. The van der Waals surface area contributed by atoms with Crippen LogP contribution in [-0.4, -0.2) is 94.1 Å². The van der Waals surface area contributed by atoms with E-state index in [1.165, 1.54) is 14.2 Å². The molecule has 4 heterocycles. The summed E-state index contributed by atoms with van der Waals surface area (Å²) >= 11 is 0. The van der Waals surface area contributed by atoms with Crippen LogP contribution in [0.15, 0.2) is 48.7 Å². The normalized spacial score (nSPS) is 17.1. The fourth-order valence-corrected chi connectivity index (χ4v) is 6.14. The topological polar surface area (TPSA) is 175 Å². The fourth-order valence-electron chi connectivity index (χ4n) is 6.14. The molecule has 4 aromatic rings. The van der Waals surface area contributed by atoms with E-state index < -0.39 is 12.2 Å². The van der Waals surface area contributed by atoms with Crippen molar-refractivity contribution in [2.45, 2.75) is 37.8 Å². The van der Waals surface area contributed by atoms with Gasteiger partial charge in [-0.05, 0) is 61.6 Å². The van der Waals surface area contributed by atoms with Crippen LogP contribution in [0.1, 0.15) is 60.5 Å². The van der Waals surface area contributed by atoms with Crippen molar-refractivity contribution in [1.82, 2.24) is 40.4 Å². The van der Waals surface area contributed by atoms with Gasteiger partial charge in [0.05, 0.1) is 49.2 Å². The highest BCUT2D eigenvalue weighted by molar-refractivity contribution is 5.84. The number of fused-ring (bicyclic) bond motifs is 1. The minimum absolute atomic E-state index is 0.129. The third-order valence-corrected chi connectivity index (χ3v) is 8.56. The molecule has 0 saturated carbocycles. The van der Waals surface area contributed by atoms with Gasteiger partial charge in [0.15, 0.2) is 0 Å². The number of rotatable bonds is 7. The van der Waals surface area contributed by atoms with Crippen molar-refractivity contribution in [2.24, 2.45) is 0 Å². The van der Waals surface area contributed by atoms with E-state index in [2.05, 4.69) is 46.9 Å². The summed E-state index contributed by atoms with van der Waals surface area (Å²) in [5, 5.41) is 4.90. The Kier molecular flexibility index (Phi) is 9.56. The van der Waals surface area contributed by atoms with Crippen molar-refractivity contribution in [1.29, 1.82) is 0 Å². The summed E-state index contributed by atoms with van der Waals surface area (Å²) in [4.78, 5) is 67.7. The van der Waals surface area contributed by atoms with Crippen LogP contribution in [-0.2, 0) is 19.1 Å². The van der Waals surface area contributed by atoms with Crippen LogP contribution < -0.4 is 10.6 Å². The van der Waals surface area contributed by atoms with Crippen molar-refractivity contribution in [3.63, 3.8) is 0 Å². The maximum Gasteiger partial charge on any atom is 0.407 e. The molecule has 6 rings (SSSR count). The first-order valence-electron chi connectivity index (χ1n) is 15.7. The second-order valence-electron chi connectivity index (χ2n) is 11.5. The Balaban J connectivity index is 1.09. The van der Waals surface area contributed by atoms with E-state index in [4.69, 9.17) is 4.98 Å². The van der Waals surface area contributed by atoms with Crippen LogP contribution in [0.5, 0.6) is 0 Å². The molecular formula is C34H36N8O6. The van der Waals surface area contributed by atoms with Gasteiger partial charge in [0.25, 0.3) is 0 Å². The molecule has 0 radical (unpaired) electrons. The molecule has 2 aliphatic rings. The average molecular weight is 653 g/mol. The van der Waals surface area contributed by atoms with E-state index in [0.29, 0.717) is 24.7 Å². The highest BCUT2D eigenvalue weighted by atomic mass is 16.5. The van der Waals surface area contributed by atoms with Crippen molar-refractivity contribution in [3.05, 3.63) is 71.4 Å². The molecule has 2 aromatic carbocycles. The van der Waals surface area contributed by atoms with Gasteiger partial charge < -0.3 is 39.9 Å². The van der Waals surface area contributed by atoms with Gasteiger partial charge in [0.2, 0.25) is 11.8 Å². The standard InChI is InChI=1S/C34H36N8O6/c1-47-33(45)36-19-29(43)41-15-3-5-27(41)31-35-18-26(40-31)23-12-9-21(10-13-23)7-8-22-11-14-24-25(17-22)39-32(38-24)28-6-4-16-42(28)30(44)20-37-34(46)48-2/h9-14,17-18,27-28H,3-6,15-16,19-20H2,1-2H3,(H,35,40)(H,36,45)(H,37,46)(H,38,39). The molecule has 2 unspecified atom stereocenters. The van der Waals surface area contributed by atoms with Crippen LogP contribution in [0.3, 0.4) is 0 Å². The maximum absolute atomic E-state index is 12.7. The predicted octanol–water partition coefficient (Wildman–Crippen LogP) is 3.39. The molecule has 2 aromatic heterocycles. The van der Waals surface area contributed by atoms with Gasteiger partial charge in [-0.15, -0.1) is 0 Å². The Hall–Kier alpha value is -5.84. The molecular weight excluding hydrogens is 616 g/mol. The maximum atomic E-state index is 12.7. The lowest BCUT2D eigenvalue weighted by molar-refractivity contribution is -0.132. The number of alkyl carbamates (subject to hydrolysis) is 2. The number of benzene rings is 2. The number of hydrogen-bond acceptors (Lipinski definition) is 8. The number of nitrogens with zero attached hydrogens (tertiary/aromatic N) is 4. The van der Waals surface area contributed by atoms with Gasteiger partial charge in [0.1, 0.15) is 24.7 Å².